The highest BCUT2D eigenvalue weighted by atomic mass is 32.1. The van der Waals surface area contributed by atoms with Crippen molar-refractivity contribution in [2.75, 3.05) is 26.7 Å². The van der Waals surface area contributed by atoms with Crippen LogP contribution in [0.3, 0.4) is 0 Å². The van der Waals surface area contributed by atoms with Crippen LogP contribution in [0.2, 0.25) is 0 Å². The van der Waals surface area contributed by atoms with Crippen LogP contribution in [0.5, 0.6) is 0 Å². The molecule has 2 unspecified atom stereocenters. The minimum Gasteiger partial charge on any atom is -0.357 e. The topological polar surface area (TPSA) is 82.8 Å². The minimum atomic E-state index is -0.385. The first kappa shape index (κ1) is 21.3. The van der Waals surface area contributed by atoms with Gasteiger partial charge in [-0.2, -0.15) is 0 Å². The molecule has 2 atom stereocenters. The van der Waals surface area contributed by atoms with Gasteiger partial charge in [-0.1, -0.05) is 18.2 Å². The molecule has 0 spiro atoms. The molecular formula is C21H29N5O2S. The first-order chi connectivity index (χ1) is 14.1. The van der Waals surface area contributed by atoms with E-state index in [1.165, 1.54) is 29.9 Å². The highest BCUT2D eigenvalue weighted by Crippen LogP contribution is 2.36. The number of nitro benzene ring substituents is 1. The third kappa shape index (κ3) is 5.77. The SMILES string of the molecule is CCNC(=NCc1ccc([N+](=O)[O-])cc1)NCC1CCCN(C)C1c1cccs1. The first-order valence-electron chi connectivity index (χ1n) is 10.1. The maximum Gasteiger partial charge on any atom is 0.269 e. The Balaban J connectivity index is 1.63. The minimum absolute atomic E-state index is 0.101. The Hall–Kier alpha value is -2.45. The summed E-state index contributed by atoms with van der Waals surface area (Å²) in [5.41, 5.74) is 1.05. The molecule has 1 aromatic heterocycles. The van der Waals surface area contributed by atoms with Crippen molar-refractivity contribution in [3.05, 3.63) is 62.3 Å². The van der Waals surface area contributed by atoms with E-state index < -0.39 is 0 Å². The zero-order valence-electron chi connectivity index (χ0n) is 17.0. The Morgan fingerprint density at radius 1 is 1.31 bits per heavy atom. The van der Waals surface area contributed by atoms with Crippen LogP contribution in [0.4, 0.5) is 5.69 Å². The number of nitrogens with one attached hydrogen (secondary N) is 2. The van der Waals surface area contributed by atoms with Crippen LogP contribution in [0, 0.1) is 16.0 Å². The number of hydrogen-bond donors (Lipinski definition) is 2. The van der Waals surface area contributed by atoms with Crippen molar-refractivity contribution < 1.29 is 4.92 Å². The molecule has 1 aliphatic heterocycles. The molecule has 0 amide bonds. The van der Waals surface area contributed by atoms with Crippen molar-refractivity contribution in [2.24, 2.45) is 10.9 Å². The highest BCUT2D eigenvalue weighted by Gasteiger charge is 2.31. The van der Waals surface area contributed by atoms with Crippen molar-refractivity contribution in [2.45, 2.75) is 32.4 Å². The lowest BCUT2D eigenvalue weighted by molar-refractivity contribution is -0.384. The van der Waals surface area contributed by atoms with E-state index in [4.69, 9.17) is 0 Å². The summed E-state index contributed by atoms with van der Waals surface area (Å²) >= 11 is 1.83. The van der Waals surface area contributed by atoms with Gasteiger partial charge in [0.15, 0.2) is 5.96 Å². The van der Waals surface area contributed by atoms with Gasteiger partial charge in [-0.05, 0) is 56.3 Å². The van der Waals surface area contributed by atoms with Crippen LogP contribution >= 0.6 is 11.3 Å². The van der Waals surface area contributed by atoms with Crippen molar-refractivity contribution in [3.8, 4) is 0 Å². The number of nitrogens with zero attached hydrogens (tertiary/aromatic N) is 3. The first-order valence-corrected chi connectivity index (χ1v) is 11.0. The third-order valence-electron chi connectivity index (χ3n) is 5.28. The molecule has 0 bridgehead atoms. The number of non-ortho nitro benzene ring substituents is 1. The van der Waals surface area contributed by atoms with Crippen LogP contribution in [-0.4, -0.2) is 42.5 Å². The number of aliphatic imine (C=N–C) groups is 1. The Morgan fingerprint density at radius 3 is 2.76 bits per heavy atom. The molecule has 2 aromatic rings. The normalized spacial score (nSPS) is 20.4. The molecule has 1 fully saturated rings. The number of benzene rings is 1. The summed E-state index contributed by atoms with van der Waals surface area (Å²) in [5, 5.41) is 19.8. The number of hydrogen-bond acceptors (Lipinski definition) is 5. The van der Waals surface area contributed by atoms with Gasteiger partial charge < -0.3 is 10.6 Å². The average molecular weight is 416 g/mol. The predicted molar refractivity (Wildman–Crippen MR) is 118 cm³/mol. The van der Waals surface area contributed by atoms with Gasteiger partial charge >= 0.3 is 0 Å². The number of thiophene rings is 1. The molecule has 1 aromatic carbocycles. The largest absolute Gasteiger partial charge is 0.357 e. The monoisotopic (exact) mass is 415 g/mol. The molecule has 3 rings (SSSR count). The van der Waals surface area contributed by atoms with E-state index in [0.29, 0.717) is 18.5 Å². The Morgan fingerprint density at radius 2 is 2.10 bits per heavy atom. The molecule has 7 nitrogen and oxygen atoms in total. The summed E-state index contributed by atoms with van der Waals surface area (Å²) in [6.07, 6.45) is 2.41. The quantitative estimate of drug-likeness (QED) is 0.311. The lowest BCUT2D eigenvalue weighted by atomic mass is 9.88. The second-order valence-corrected chi connectivity index (χ2v) is 8.32. The molecule has 29 heavy (non-hydrogen) atoms. The molecular weight excluding hydrogens is 386 g/mol. The molecule has 0 saturated carbocycles. The van der Waals surface area contributed by atoms with Gasteiger partial charge in [-0.25, -0.2) is 4.99 Å². The van der Waals surface area contributed by atoms with E-state index in [-0.39, 0.29) is 10.6 Å². The van der Waals surface area contributed by atoms with Gasteiger partial charge in [-0.3, -0.25) is 15.0 Å². The Labute approximate surface area is 176 Å². The van der Waals surface area contributed by atoms with Crippen molar-refractivity contribution in [3.63, 3.8) is 0 Å². The summed E-state index contributed by atoms with van der Waals surface area (Å²) in [6, 6.07) is 11.4. The van der Waals surface area contributed by atoms with Gasteiger partial charge in [0.2, 0.25) is 0 Å². The smallest absolute Gasteiger partial charge is 0.269 e. The highest BCUT2D eigenvalue weighted by molar-refractivity contribution is 7.10. The summed E-state index contributed by atoms with van der Waals surface area (Å²) in [6.45, 7) is 5.30. The molecule has 1 saturated heterocycles. The fourth-order valence-corrected chi connectivity index (χ4v) is 4.83. The third-order valence-corrected chi connectivity index (χ3v) is 6.23. The number of piperidine rings is 1. The lowest BCUT2D eigenvalue weighted by Gasteiger charge is -2.39. The number of guanidine groups is 1. The Kier molecular flexibility index (Phi) is 7.60. The second-order valence-electron chi connectivity index (χ2n) is 7.34. The predicted octanol–water partition coefficient (Wildman–Crippen LogP) is 3.79. The van der Waals surface area contributed by atoms with Gasteiger partial charge in [0.1, 0.15) is 0 Å². The molecule has 8 heteroatoms. The zero-order chi connectivity index (χ0) is 20.6. The van der Waals surface area contributed by atoms with Crippen LogP contribution in [0.15, 0.2) is 46.8 Å². The number of nitro groups is 1. The maximum absolute atomic E-state index is 10.8. The van der Waals surface area contributed by atoms with E-state index in [9.17, 15) is 10.1 Å². The van der Waals surface area contributed by atoms with Crippen molar-refractivity contribution in [1.82, 2.24) is 15.5 Å². The molecule has 2 N–H and O–H groups in total. The van der Waals surface area contributed by atoms with Crippen LogP contribution in [0.1, 0.15) is 36.2 Å². The van der Waals surface area contributed by atoms with E-state index in [1.807, 2.05) is 18.3 Å². The van der Waals surface area contributed by atoms with Gasteiger partial charge in [0.25, 0.3) is 5.69 Å². The van der Waals surface area contributed by atoms with Crippen LogP contribution in [0.25, 0.3) is 0 Å². The molecule has 2 heterocycles. The van der Waals surface area contributed by atoms with Crippen LogP contribution in [-0.2, 0) is 6.54 Å². The van der Waals surface area contributed by atoms with Crippen LogP contribution < -0.4 is 10.6 Å². The summed E-state index contributed by atoms with van der Waals surface area (Å²) in [5.74, 6) is 1.31. The fraction of sp³-hybridized carbons (Fsp3) is 0.476. The van der Waals surface area contributed by atoms with E-state index >= 15 is 0 Å². The Bertz CT molecular complexity index is 807. The van der Waals surface area contributed by atoms with E-state index in [1.54, 1.807) is 12.1 Å². The average Bonchev–Trinajstić information content (AvgIpc) is 3.24. The summed E-state index contributed by atoms with van der Waals surface area (Å²) in [7, 11) is 2.21. The van der Waals surface area contributed by atoms with E-state index in [0.717, 1.165) is 31.2 Å². The van der Waals surface area contributed by atoms with Gasteiger partial charge in [0, 0.05) is 36.1 Å². The maximum atomic E-state index is 10.8. The van der Waals surface area contributed by atoms with Gasteiger partial charge in [-0.15, -0.1) is 11.3 Å². The molecule has 0 radical (unpaired) electrons. The molecule has 1 aliphatic rings. The zero-order valence-corrected chi connectivity index (χ0v) is 17.8. The number of likely N-dealkylation sites (tertiary alicyclic amines) is 1. The van der Waals surface area contributed by atoms with E-state index in [2.05, 4.69) is 45.1 Å². The summed E-state index contributed by atoms with van der Waals surface area (Å²) < 4.78 is 0. The van der Waals surface area contributed by atoms with Crippen molar-refractivity contribution >= 4 is 23.0 Å². The molecule has 156 valence electrons. The summed E-state index contributed by atoms with van der Waals surface area (Å²) in [4.78, 5) is 19.0. The number of rotatable bonds is 7. The molecule has 0 aliphatic carbocycles. The van der Waals surface area contributed by atoms with Crippen molar-refractivity contribution in [1.29, 1.82) is 0 Å². The fourth-order valence-electron chi connectivity index (χ4n) is 3.85. The second kappa shape index (κ2) is 10.4. The van der Waals surface area contributed by atoms with Gasteiger partial charge in [0.05, 0.1) is 11.5 Å². The standard InChI is InChI=1S/C21H29N5O2S/c1-3-22-21(23-14-16-8-10-18(11-9-16)26(27)28)24-15-17-6-4-12-25(2)20(17)19-7-5-13-29-19/h5,7-11,13,17,20H,3-4,6,12,14-15H2,1-2H3,(H2,22,23,24). The lowest BCUT2D eigenvalue weighted by Crippen LogP contribution is -2.44.